The van der Waals surface area contributed by atoms with Gasteiger partial charge in [0.1, 0.15) is 11.4 Å². The zero-order chi connectivity index (χ0) is 17.1. The molecule has 3 heterocycles. The highest BCUT2D eigenvalue weighted by Crippen LogP contribution is 2.21. The van der Waals surface area contributed by atoms with E-state index in [0.717, 1.165) is 43.7 Å². The Hall–Kier alpha value is -2.96. The molecule has 4 rings (SSSR count). The molecule has 1 N–H and O–H groups in total. The average molecular weight is 336 g/mol. The number of piperidine rings is 1. The molecule has 1 fully saturated rings. The largest absolute Gasteiger partial charge is 0.337 e. The number of aromatic nitrogens is 5. The van der Waals surface area contributed by atoms with Crippen LogP contribution in [0.25, 0.3) is 11.3 Å². The van der Waals surface area contributed by atoms with Gasteiger partial charge in [0.2, 0.25) is 0 Å². The van der Waals surface area contributed by atoms with Gasteiger partial charge in [0.25, 0.3) is 5.91 Å². The van der Waals surface area contributed by atoms with E-state index in [9.17, 15) is 4.79 Å². The molecule has 1 aliphatic heterocycles. The predicted molar refractivity (Wildman–Crippen MR) is 92.7 cm³/mol. The van der Waals surface area contributed by atoms with E-state index >= 15 is 0 Å². The smallest absolute Gasteiger partial charge is 0.271 e. The van der Waals surface area contributed by atoms with Gasteiger partial charge in [-0.3, -0.25) is 14.6 Å². The van der Waals surface area contributed by atoms with Gasteiger partial charge in [-0.2, -0.15) is 5.10 Å². The lowest BCUT2D eigenvalue weighted by molar-refractivity contribution is 0.0653. The summed E-state index contributed by atoms with van der Waals surface area (Å²) in [5.41, 5.74) is 2.49. The number of amides is 1. The van der Waals surface area contributed by atoms with Crippen molar-refractivity contribution in [2.75, 3.05) is 13.1 Å². The van der Waals surface area contributed by atoms with Crippen molar-refractivity contribution in [1.29, 1.82) is 0 Å². The molecule has 0 unspecified atom stereocenters. The van der Waals surface area contributed by atoms with Crippen LogP contribution in [0.15, 0.2) is 48.8 Å². The maximum atomic E-state index is 12.5. The summed E-state index contributed by atoms with van der Waals surface area (Å²) in [6.45, 7) is 2.30. The van der Waals surface area contributed by atoms with Crippen LogP contribution >= 0.6 is 0 Å². The molecule has 2 aromatic heterocycles. The van der Waals surface area contributed by atoms with Crippen LogP contribution in [-0.4, -0.2) is 49.1 Å². The standard InChI is InChI=1S/C18H20N6O/c25-18(16-8-9-19-20-16)23-10-4-5-14(11-23)12-24-13-17(21-22-24)15-6-2-1-3-7-15/h1-3,6-9,13-14H,4-5,10-12H2,(H,19,20)/t14-/m0/s1. The zero-order valence-corrected chi connectivity index (χ0v) is 13.9. The maximum absolute atomic E-state index is 12.5. The van der Waals surface area contributed by atoms with Crippen molar-refractivity contribution in [3.05, 3.63) is 54.5 Å². The molecule has 0 aliphatic carbocycles. The van der Waals surface area contributed by atoms with Crippen molar-refractivity contribution in [2.24, 2.45) is 5.92 Å². The Labute approximate surface area is 145 Å². The third-order valence-electron chi connectivity index (χ3n) is 4.59. The van der Waals surface area contributed by atoms with Crippen molar-refractivity contribution < 1.29 is 4.79 Å². The summed E-state index contributed by atoms with van der Waals surface area (Å²) < 4.78 is 1.89. The Balaban J connectivity index is 1.41. The van der Waals surface area contributed by atoms with Gasteiger partial charge >= 0.3 is 0 Å². The first-order valence-corrected chi connectivity index (χ1v) is 8.54. The van der Waals surface area contributed by atoms with E-state index in [2.05, 4.69) is 20.5 Å². The highest BCUT2D eigenvalue weighted by Gasteiger charge is 2.25. The molecule has 0 spiro atoms. The van der Waals surface area contributed by atoms with Crippen molar-refractivity contribution in [1.82, 2.24) is 30.1 Å². The monoisotopic (exact) mass is 336 g/mol. The number of benzene rings is 1. The molecular formula is C18H20N6O. The molecule has 128 valence electrons. The minimum atomic E-state index is 0.0192. The molecule has 7 nitrogen and oxygen atoms in total. The summed E-state index contributed by atoms with van der Waals surface area (Å²) in [6, 6.07) is 11.7. The molecule has 1 aromatic carbocycles. The first-order chi connectivity index (χ1) is 12.3. The molecule has 1 saturated heterocycles. The number of carbonyl (C=O) groups excluding carboxylic acids is 1. The Kier molecular flexibility index (Phi) is 4.28. The van der Waals surface area contributed by atoms with Crippen LogP contribution in [0.3, 0.4) is 0 Å². The minimum absolute atomic E-state index is 0.0192. The zero-order valence-electron chi connectivity index (χ0n) is 13.9. The van der Waals surface area contributed by atoms with Gasteiger partial charge in [0.15, 0.2) is 0 Å². The number of rotatable bonds is 4. The Morgan fingerprint density at radius 2 is 2.12 bits per heavy atom. The van der Waals surface area contributed by atoms with Crippen LogP contribution in [0.4, 0.5) is 0 Å². The molecule has 1 amide bonds. The highest BCUT2D eigenvalue weighted by molar-refractivity contribution is 5.92. The summed E-state index contributed by atoms with van der Waals surface area (Å²) in [4.78, 5) is 14.4. The minimum Gasteiger partial charge on any atom is -0.337 e. The number of carbonyl (C=O) groups is 1. The van der Waals surface area contributed by atoms with Gasteiger partial charge in [-0.15, -0.1) is 5.10 Å². The number of aromatic amines is 1. The number of likely N-dealkylation sites (tertiary alicyclic amines) is 1. The van der Waals surface area contributed by atoms with Gasteiger partial charge in [0.05, 0.1) is 6.20 Å². The maximum Gasteiger partial charge on any atom is 0.271 e. The van der Waals surface area contributed by atoms with Crippen molar-refractivity contribution in [3.8, 4) is 11.3 Å². The fraction of sp³-hybridized carbons (Fsp3) is 0.333. The number of hydrogen-bond acceptors (Lipinski definition) is 4. The highest BCUT2D eigenvalue weighted by atomic mass is 16.2. The average Bonchev–Trinajstić information content (AvgIpc) is 3.34. The Morgan fingerprint density at radius 3 is 2.92 bits per heavy atom. The third kappa shape index (κ3) is 3.45. The molecule has 1 atom stereocenters. The fourth-order valence-corrected chi connectivity index (χ4v) is 3.34. The number of H-pyrrole nitrogens is 1. The van der Waals surface area contributed by atoms with E-state index in [4.69, 9.17) is 0 Å². The van der Waals surface area contributed by atoms with Crippen LogP contribution in [0.1, 0.15) is 23.3 Å². The third-order valence-corrected chi connectivity index (χ3v) is 4.59. The van der Waals surface area contributed by atoms with Gasteiger partial charge in [0, 0.05) is 31.4 Å². The topological polar surface area (TPSA) is 79.7 Å². The summed E-state index contributed by atoms with van der Waals surface area (Å²) in [6.07, 6.45) is 5.68. The first-order valence-electron chi connectivity index (χ1n) is 8.54. The molecule has 0 saturated carbocycles. The number of hydrogen-bond donors (Lipinski definition) is 1. The van der Waals surface area contributed by atoms with Crippen LogP contribution < -0.4 is 0 Å². The normalized spacial score (nSPS) is 17.6. The summed E-state index contributed by atoms with van der Waals surface area (Å²) in [7, 11) is 0. The fourth-order valence-electron chi connectivity index (χ4n) is 3.34. The van der Waals surface area contributed by atoms with Gasteiger partial charge in [-0.25, -0.2) is 0 Å². The Morgan fingerprint density at radius 1 is 1.24 bits per heavy atom. The molecule has 3 aromatic rings. The first kappa shape index (κ1) is 15.6. The number of nitrogens with zero attached hydrogens (tertiary/aromatic N) is 5. The second-order valence-corrected chi connectivity index (χ2v) is 6.42. The van der Waals surface area contributed by atoms with Crippen molar-refractivity contribution >= 4 is 5.91 Å². The molecule has 0 radical (unpaired) electrons. The van der Waals surface area contributed by atoms with Crippen LogP contribution in [0.5, 0.6) is 0 Å². The second-order valence-electron chi connectivity index (χ2n) is 6.42. The molecule has 7 heteroatoms. The predicted octanol–water partition coefficient (Wildman–Crippen LogP) is 2.22. The van der Waals surface area contributed by atoms with E-state index in [1.54, 1.807) is 12.3 Å². The summed E-state index contributed by atoms with van der Waals surface area (Å²) >= 11 is 0. The van der Waals surface area contributed by atoms with Crippen LogP contribution in [0, 0.1) is 5.92 Å². The van der Waals surface area contributed by atoms with Crippen LogP contribution in [-0.2, 0) is 6.54 Å². The summed E-state index contributed by atoms with van der Waals surface area (Å²) in [5.74, 6) is 0.400. The van der Waals surface area contributed by atoms with E-state index in [1.165, 1.54) is 0 Å². The van der Waals surface area contributed by atoms with Crippen LogP contribution in [0.2, 0.25) is 0 Å². The van der Waals surface area contributed by atoms with E-state index < -0.39 is 0 Å². The van der Waals surface area contributed by atoms with Gasteiger partial charge < -0.3 is 4.90 Å². The second kappa shape index (κ2) is 6.88. The van der Waals surface area contributed by atoms with E-state index in [0.29, 0.717) is 11.6 Å². The van der Waals surface area contributed by atoms with Gasteiger partial charge in [-0.05, 0) is 24.8 Å². The van der Waals surface area contributed by atoms with Crippen molar-refractivity contribution in [2.45, 2.75) is 19.4 Å². The molecular weight excluding hydrogens is 316 g/mol. The van der Waals surface area contributed by atoms with E-state index in [1.807, 2.05) is 46.1 Å². The Bertz CT molecular complexity index is 826. The number of nitrogens with one attached hydrogen (secondary N) is 1. The lowest BCUT2D eigenvalue weighted by Gasteiger charge is -2.32. The quantitative estimate of drug-likeness (QED) is 0.792. The SMILES string of the molecule is O=C(c1ccn[nH]1)N1CCC[C@H](Cn2cc(-c3ccccc3)nn2)C1. The lowest BCUT2D eigenvalue weighted by Crippen LogP contribution is -2.41. The molecule has 1 aliphatic rings. The van der Waals surface area contributed by atoms with E-state index in [-0.39, 0.29) is 5.91 Å². The summed E-state index contributed by atoms with van der Waals surface area (Å²) in [5, 5.41) is 15.1. The lowest BCUT2D eigenvalue weighted by atomic mass is 9.98. The molecule has 0 bridgehead atoms. The van der Waals surface area contributed by atoms with Crippen molar-refractivity contribution in [3.63, 3.8) is 0 Å². The molecule has 25 heavy (non-hydrogen) atoms. The van der Waals surface area contributed by atoms with Gasteiger partial charge in [-0.1, -0.05) is 35.5 Å².